The van der Waals surface area contributed by atoms with Crippen molar-refractivity contribution in [3.63, 3.8) is 0 Å². The van der Waals surface area contributed by atoms with Crippen molar-refractivity contribution in [3.05, 3.63) is 70.3 Å². The van der Waals surface area contributed by atoms with Crippen LogP contribution in [0.4, 0.5) is 8.78 Å². The summed E-state index contributed by atoms with van der Waals surface area (Å²) in [4.78, 5) is 0. The Morgan fingerprint density at radius 1 is 0.789 bits per heavy atom. The van der Waals surface area contributed by atoms with E-state index >= 15 is 0 Å². The van der Waals surface area contributed by atoms with Gasteiger partial charge in [0.25, 0.3) is 0 Å². The maximum Gasteiger partial charge on any atom is 0.126 e. The van der Waals surface area contributed by atoms with E-state index in [4.69, 9.17) is 0 Å². The van der Waals surface area contributed by atoms with Gasteiger partial charge in [0, 0.05) is 6.07 Å². The molecule has 0 spiro atoms. The summed E-state index contributed by atoms with van der Waals surface area (Å²) in [6, 6.07) is 9.52. The SMILES string of the molecule is CNC(c1cc(C)cc(C)c1)c1cc(F)cc(F)c1. The van der Waals surface area contributed by atoms with E-state index in [0.717, 1.165) is 22.8 Å². The molecular formula is C16H17F2N. The van der Waals surface area contributed by atoms with E-state index in [1.54, 1.807) is 7.05 Å². The van der Waals surface area contributed by atoms with Crippen molar-refractivity contribution in [1.29, 1.82) is 0 Å². The van der Waals surface area contributed by atoms with Crippen LogP contribution in [-0.2, 0) is 0 Å². The van der Waals surface area contributed by atoms with Gasteiger partial charge in [0.05, 0.1) is 6.04 Å². The molecule has 0 aliphatic carbocycles. The molecule has 2 aromatic rings. The molecule has 2 aromatic carbocycles. The molecule has 1 N–H and O–H groups in total. The Bertz CT molecular complexity index is 501. The number of halogens is 2. The van der Waals surface area contributed by atoms with E-state index in [1.807, 2.05) is 26.0 Å². The zero-order chi connectivity index (χ0) is 14.0. The Morgan fingerprint density at radius 3 is 1.74 bits per heavy atom. The number of hydrogen-bond acceptors (Lipinski definition) is 1. The molecule has 0 aliphatic rings. The van der Waals surface area contributed by atoms with Gasteiger partial charge in [-0.3, -0.25) is 0 Å². The molecule has 100 valence electrons. The van der Waals surface area contributed by atoms with Gasteiger partial charge in [0.1, 0.15) is 11.6 Å². The van der Waals surface area contributed by atoms with Gasteiger partial charge in [-0.1, -0.05) is 29.3 Å². The van der Waals surface area contributed by atoms with Crippen molar-refractivity contribution in [2.45, 2.75) is 19.9 Å². The quantitative estimate of drug-likeness (QED) is 0.883. The van der Waals surface area contributed by atoms with E-state index in [9.17, 15) is 8.78 Å². The third kappa shape index (κ3) is 3.18. The fourth-order valence-corrected chi connectivity index (χ4v) is 2.44. The molecule has 0 aromatic heterocycles. The zero-order valence-corrected chi connectivity index (χ0v) is 11.3. The summed E-state index contributed by atoms with van der Waals surface area (Å²) < 4.78 is 26.7. The molecule has 0 aliphatic heterocycles. The number of aryl methyl sites for hydroxylation is 2. The molecule has 0 amide bonds. The monoisotopic (exact) mass is 261 g/mol. The van der Waals surface area contributed by atoms with Crippen LogP contribution < -0.4 is 5.32 Å². The number of nitrogens with one attached hydrogen (secondary N) is 1. The van der Waals surface area contributed by atoms with Gasteiger partial charge in [-0.05, 0) is 44.2 Å². The minimum atomic E-state index is -0.556. The highest BCUT2D eigenvalue weighted by molar-refractivity contribution is 5.37. The van der Waals surface area contributed by atoms with Gasteiger partial charge in [0.2, 0.25) is 0 Å². The Morgan fingerprint density at radius 2 is 1.26 bits per heavy atom. The molecule has 0 saturated heterocycles. The predicted octanol–water partition coefficient (Wildman–Crippen LogP) is 3.89. The molecule has 0 bridgehead atoms. The number of hydrogen-bond donors (Lipinski definition) is 1. The van der Waals surface area contributed by atoms with Gasteiger partial charge in [-0.25, -0.2) is 8.78 Å². The largest absolute Gasteiger partial charge is 0.309 e. The first kappa shape index (κ1) is 13.7. The fraction of sp³-hybridized carbons (Fsp3) is 0.250. The fourth-order valence-electron chi connectivity index (χ4n) is 2.44. The summed E-state index contributed by atoms with van der Waals surface area (Å²) in [5.41, 5.74) is 3.86. The zero-order valence-electron chi connectivity index (χ0n) is 11.3. The minimum Gasteiger partial charge on any atom is -0.309 e. The molecule has 1 atom stereocenters. The summed E-state index contributed by atoms with van der Waals surface area (Å²) in [7, 11) is 1.78. The van der Waals surface area contributed by atoms with E-state index in [-0.39, 0.29) is 6.04 Å². The lowest BCUT2D eigenvalue weighted by Crippen LogP contribution is -2.18. The summed E-state index contributed by atoms with van der Waals surface area (Å²) in [6.45, 7) is 4.02. The summed E-state index contributed by atoms with van der Waals surface area (Å²) >= 11 is 0. The third-order valence-electron chi connectivity index (χ3n) is 3.08. The smallest absolute Gasteiger partial charge is 0.126 e. The first-order valence-electron chi connectivity index (χ1n) is 6.21. The summed E-state index contributed by atoms with van der Waals surface area (Å²) in [5.74, 6) is -1.11. The maximum atomic E-state index is 13.3. The predicted molar refractivity (Wildman–Crippen MR) is 73.2 cm³/mol. The average molecular weight is 261 g/mol. The lowest BCUT2D eigenvalue weighted by atomic mass is 9.95. The number of rotatable bonds is 3. The molecule has 19 heavy (non-hydrogen) atoms. The minimum absolute atomic E-state index is 0.219. The lowest BCUT2D eigenvalue weighted by molar-refractivity contribution is 0.571. The highest BCUT2D eigenvalue weighted by Crippen LogP contribution is 2.25. The summed E-state index contributed by atoms with van der Waals surface area (Å²) in [6.07, 6.45) is 0. The Labute approximate surface area is 112 Å². The van der Waals surface area contributed by atoms with Crippen LogP contribution in [0.2, 0.25) is 0 Å². The van der Waals surface area contributed by atoms with Crippen molar-refractivity contribution in [2.24, 2.45) is 0 Å². The van der Waals surface area contributed by atoms with E-state index in [0.29, 0.717) is 5.56 Å². The van der Waals surface area contributed by atoms with Crippen LogP contribution in [0.3, 0.4) is 0 Å². The van der Waals surface area contributed by atoms with Gasteiger partial charge in [-0.2, -0.15) is 0 Å². The molecule has 0 fully saturated rings. The molecule has 0 heterocycles. The van der Waals surface area contributed by atoms with Crippen molar-refractivity contribution in [1.82, 2.24) is 5.32 Å². The Balaban J connectivity index is 2.49. The van der Waals surface area contributed by atoms with Crippen LogP contribution in [0.15, 0.2) is 36.4 Å². The second kappa shape index (κ2) is 5.49. The van der Waals surface area contributed by atoms with E-state index in [2.05, 4.69) is 11.4 Å². The van der Waals surface area contributed by atoms with Gasteiger partial charge in [0.15, 0.2) is 0 Å². The van der Waals surface area contributed by atoms with Crippen molar-refractivity contribution in [2.75, 3.05) is 7.05 Å². The lowest BCUT2D eigenvalue weighted by Gasteiger charge is -2.18. The molecule has 1 unspecified atom stereocenters. The number of benzene rings is 2. The van der Waals surface area contributed by atoms with Crippen LogP contribution in [0.1, 0.15) is 28.3 Å². The third-order valence-corrected chi connectivity index (χ3v) is 3.08. The second-order valence-corrected chi connectivity index (χ2v) is 4.85. The molecule has 2 rings (SSSR count). The highest BCUT2D eigenvalue weighted by Gasteiger charge is 2.14. The first-order chi connectivity index (χ1) is 8.99. The second-order valence-electron chi connectivity index (χ2n) is 4.85. The first-order valence-corrected chi connectivity index (χ1v) is 6.21. The average Bonchev–Trinajstić information content (AvgIpc) is 2.27. The maximum absolute atomic E-state index is 13.3. The Hall–Kier alpha value is -1.74. The van der Waals surface area contributed by atoms with Crippen LogP contribution >= 0.6 is 0 Å². The van der Waals surface area contributed by atoms with Gasteiger partial charge < -0.3 is 5.32 Å². The van der Waals surface area contributed by atoms with Gasteiger partial charge >= 0.3 is 0 Å². The van der Waals surface area contributed by atoms with E-state index in [1.165, 1.54) is 12.1 Å². The van der Waals surface area contributed by atoms with Crippen molar-refractivity contribution >= 4 is 0 Å². The molecule has 1 nitrogen and oxygen atoms in total. The van der Waals surface area contributed by atoms with Crippen LogP contribution in [0, 0.1) is 25.5 Å². The van der Waals surface area contributed by atoms with Gasteiger partial charge in [-0.15, -0.1) is 0 Å². The topological polar surface area (TPSA) is 12.0 Å². The van der Waals surface area contributed by atoms with Crippen LogP contribution in [0.25, 0.3) is 0 Å². The molecule has 0 radical (unpaired) electrons. The molecule has 0 saturated carbocycles. The van der Waals surface area contributed by atoms with Crippen molar-refractivity contribution in [3.8, 4) is 0 Å². The van der Waals surface area contributed by atoms with Crippen molar-refractivity contribution < 1.29 is 8.78 Å². The standard InChI is InChI=1S/C16H17F2N/c1-10-4-11(2)6-12(5-10)16(19-3)13-7-14(17)9-15(18)8-13/h4-9,16,19H,1-3H3. The highest BCUT2D eigenvalue weighted by atomic mass is 19.1. The summed E-state index contributed by atoms with van der Waals surface area (Å²) in [5, 5.41) is 3.11. The van der Waals surface area contributed by atoms with Crippen LogP contribution in [-0.4, -0.2) is 7.05 Å². The van der Waals surface area contributed by atoms with E-state index < -0.39 is 11.6 Å². The molecular weight excluding hydrogens is 244 g/mol. The normalized spacial score (nSPS) is 12.5. The van der Waals surface area contributed by atoms with Crippen LogP contribution in [0.5, 0.6) is 0 Å². The Kier molecular flexibility index (Phi) is 3.96. The molecule has 3 heteroatoms.